The monoisotopic (exact) mass is 817 g/mol. The lowest BCUT2D eigenvalue weighted by Gasteiger charge is -2.29. The second-order valence-corrected chi connectivity index (χ2v) is 13.7. The van der Waals surface area contributed by atoms with E-state index in [4.69, 9.17) is 28.4 Å². The van der Waals surface area contributed by atoms with Crippen LogP contribution in [-0.4, -0.2) is 115 Å². The van der Waals surface area contributed by atoms with E-state index in [0.29, 0.717) is 98.2 Å². The highest BCUT2D eigenvalue weighted by atomic mass is 19.4. The van der Waals surface area contributed by atoms with Crippen LogP contribution in [0.2, 0.25) is 0 Å². The quantitative estimate of drug-likeness (QED) is 0.0758. The number of benzene rings is 2. The molecule has 0 aliphatic carbocycles. The van der Waals surface area contributed by atoms with Gasteiger partial charge >= 0.3 is 6.18 Å². The summed E-state index contributed by atoms with van der Waals surface area (Å²) in [6.07, 6.45) is 1.13. The molecule has 1 fully saturated rings. The first-order valence-corrected chi connectivity index (χ1v) is 19.0. The molecule has 1 N–H and O–H groups in total. The third kappa shape index (κ3) is 10.1. The largest absolute Gasteiger partial charge is 0.491 e. The Morgan fingerprint density at radius 2 is 1.37 bits per heavy atom. The van der Waals surface area contributed by atoms with Crippen LogP contribution in [0.4, 0.5) is 13.2 Å². The third-order valence-corrected chi connectivity index (χ3v) is 9.69. The fraction of sp³-hybridized carbons (Fsp3) is 0.357. The van der Waals surface area contributed by atoms with Crippen molar-refractivity contribution >= 4 is 39.5 Å². The number of carbonyl (C=O) groups excluding carboxylic acids is 3. The summed E-state index contributed by atoms with van der Waals surface area (Å²) in [6, 6.07) is 14.3. The van der Waals surface area contributed by atoms with Crippen LogP contribution in [0.25, 0.3) is 32.9 Å². The predicted octanol–water partition coefficient (Wildman–Crippen LogP) is 5.73. The van der Waals surface area contributed by atoms with Crippen molar-refractivity contribution in [3.63, 3.8) is 0 Å². The van der Waals surface area contributed by atoms with Gasteiger partial charge in [-0.15, -0.1) is 0 Å². The number of alkyl halides is 3. The van der Waals surface area contributed by atoms with Gasteiger partial charge in [0.25, 0.3) is 11.8 Å². The number of ether oxygens (including phenoxy) is 6. The number of allylic oxidation sites excluding steroid dienone is 1. The molecule has 3 aromatic heterocycles. The molecule has 310 valence electrons. The first kappa shape index (κ1) is 41.3. The van der Waals surface area contributed by atoms with Crippen molar-refractivity contribution < 1.29 is 56.0 Å². The fourth-order valence-corrected chi connectivity index (χ4v) is 6.91. The summed E-state index contributed by atoms with van der Waals surface area (Å²) in [7, 11) is 0. The van der Waals surface area contributed by atoms with Gasteiger partial charge < -0.3 is 38.3 Å². The van der Waals surface area contributed by atoms with Gasteiger partial charge in [-0.05, 0) is 54.8 Å². The molecular weight excluding hydrogens is 775 g/mol. The Kier molecular flexibility index (Phi) is 13.2. The summed E-state index contributed by atoms with van der Waals surface area (Å²) in [4.78, 5) is 47.8. The van der Waals surface area contributed by atoms with Crippen LogP contribution in [-0.2, 0) is 30.3 Å². The first-order valence-electron chi connectivity index (χ1n) is 19.0. The van der Waals surface area contributed by atoms with E-state index in [-0.39, 0.29) is 30.9 Å². The van der Waals surface area contributed by atoms with Crippen LogP contribution in [0, 0.1) is 0 Å². The molecule has 5 heterocycles. The third-order valence-electron chi connectivity index (χ3n) is 9.69. The fourth-order valence-electron chi connectivity index (χ4n) is 6.91. The number of halogens is 3. The van der Waals surface area contributed by atoms with E-state index in [2.05, 4.69) is 21.9 Å². The normalized spacial score (nSPS) is 15.6. The zero-order valence-corrected chi connectivity index (χ0v) is 32.0. The SMILES string of the molecule is C=C1CCC(N2C(=O)c3ccc(OCCOCCOCCOCCOCCOc4ccc(-c5ccc6c7cnccc7n(CC(F)(F)F)c6c5)cn4)cc3C2=O)C(=O)N1. The molecule has 14 nitrogen and oxygen atoms in total. The Hall–Kier alpha value is -5.88. The molecule has 17 heteroatoms. The van der Waals surface area contributed by atoms with E-state index < -0.39 is 36.5 Å². The number of amides is 3. The van der Waals surface area contributed by atoms with Crippen LogP contribution in [0.15, 0.2) is 85.5 Å². The second kappa shape index (κ2) is 18.8. The van der Waals surface area contributed by atoms with Gasteiger partial charge in [-0.25, -0.2) is 4.98 Å². The number of aromatic nitrogens is 3. The number of imide groups is 1. The molecule has 0 bridgehead atoms. The summed E-state index contributed by atoms with van der Waals surface area (Å²) in [5, 5.41) is 3.97. The molecule has 3 amide bonds. The molecule has 7 rings (SSSR count). The maximum Gasteiger partial charge on any atom is 0.406 e. The van der Waals surface area contributed by atoms with E-state index >= 15 is 0 Å². The summed E-state index contributed by atoms with van der Waals surface area (Å²) in [6.45, 7) is 5.92. The highest BCUT2D eigenvalue weighted by molar-refractivity contribution is 6.23. The molecule has 0 spiro atoms. The Labute approximate surface area is 336 Å². The van der Waals surface area contributed by atoms with Crippen LogP contribution in [0.3, 0.4) is 0 Å². The van der Waals surface area contributed by atoms with E-state index in [1.54, 1.807) is 48.8 Å². The van der Waals surface area contributed by atoms with E-state index in [0.717, 1.165) is 16.0 Å². The molecule has 1 atom stereocenters. The summed E-state index contributed by atoms with van der Waals surface area (Å²) in [5.41, 5.74) is 3.40. The number of piperidine rings is 1. The topological polar surface area (TPSA) is 153 Å². The minimum Gasteiger partial charge on any atom is -0.491 e. The number of hydrogen-bond acceptors (Lipinski definition) is 11. The number of carbonyl (C=O) groups is 3. The number of nitrogens with zero attached hydrogens (tertiary/aromatic N) is 4. The number of nitrogens with one attached hydrogen (secondary N) is 1. The van der Waals surface area contributed by atoms with Gasteiger partial charge in [-0.1, -0.05) is 18.7 Å². The Balaban J connectivity index is 0.713. The Bertz CT molecular complexity index is 2320. The van der Waals surface area contributed by atoms with Gasteiger partial charge in [0.05, 0.1) is 75.0 Å². The molecule has 1 unspecified atom stereocenters. The van der Waals surface area contributed by atoms with Crippen molar-refractivity contribution in [1.29, 1.82) is 0 Å². The lowest BCUT2D eigenvalue weighted by molar-refractivity contribution is -0.139. The zero-order valence-electron chi connectivity index (χ0n) is 32.0. The van der Waals surface area contributed by atoms with Gasteiger partial charge in [0.15, 0.2) is 0 Å². The van der Waals surface area contributed by atoms with Gasteiger partial charge in [0.2, 0.25) is 11.8 Å². The molecule has 2 aliphatic heterocycles. The average molecular weight is 818 g/mol. The van der Waals surface area contributed by atoms with Gasteiger partial charge in [0, 0.05) is 46.7 Å². The van der Waals surface area contributed by atoms with Gasteiger partial charge in [-0.3, -0.25) is 24.3 Å². The minimum atomic E-state index is -4.38. The van der Waals surface area contributed by atoms with Crippen LogP contribution in [0.5, 0.6) is 11.6 Å². The van der Waals surface area contributed by atoms with Crippen LogP contribution in [0.1, 0.15) is 33.6 Å². The molecule has 0 saturated carbocycles. The van der Waals surface area contributed by atoms with Crippen molar-refractivity contribution in [2.24, 2.45) is 0 Å². The highest BCUT2D eigenvalue weighted by Crippen LogP contribution is 2.35. The van der Waals surface area contributed by atoms with E-state index in [1.807, 2.05) is 6.07 Å². The summed E-state index contributed by atoms with van der Waals surface area (Å²) in [5.74, 6) is -0.636. The van der Waals surface area contributed by atoms with Gasteiger partial charge in [-0.2, -0.15) is 13.2 Å². The molecule has 0 radical (unpaired) electrons. The summed E-state index contributed by atoms with van der Waals surface area (Å²) >= 11 is 0. The lowest BCUT2D eigenvalue weighted by Crippen LogP contribution is -2.51. The van der Waals surface area contributed by atoms with Crippen LogP contribution < -0.4 is 14.8 Å². The van der Waals surface area contributed by atoms with Crippen molar-refractivity contribution in [3.8, 4) is 22.8 Å². The molecule has 1 saturated heterocycles. The Morgan fingerprint density at radius 1 is 0.712 bits per heavy atom. The molecule has 2 aromatic carbocycles. The maximum atomic E-state index is 13.4. The summed E-state index contributed by atoms with van der Waals surface area (Å²) < 4.78 is 75.1. The second-order valence-electron chi connectivity index (χ2n) is 13.7. The van der Waals surface area contributed by atoms with E-state index in [9.17, 15) is 27.6 Å². The number of pyridine rings is 2. The van der Waals surface area contributed by atoms with Crippen molar-refractivity contribution in [2.75, 3.05) is 66.1 Å². The molecular formula is C42H42F3N5O9. The number of fused-ring (bicyclic) bond motifs is 4. The van der Waals surface area contributed by atoms with E-state index in [1.165, 1.54) is 22.9 Å². The minimum absolute atomic E-state index is 0.200. The number of hydrogen-bond donors (Lipinski definition) is 1. The van der Waals surface area contributed by atoms with Crippen LogP contribution >= 0.6 is 0 Å². The number of rotatable bonds is 20. The van der Waals surface area contributed by atoms with Crippen molar-refractivity contribution in [2.45, 2.75) is 31.6 Å². The molecule has 59 heavy (non-hydrogen) atoms. The standard InChI is InChI=1S/C42H42F3N5O9/c1-27-2-8-36(39(51)48-27)50-40(52)32-7-5-30(23-33(32)41(50)53)58-20-18-56-16-14-54-12-13-55-15-17-57-19-21-59-38-9-4-29(24-47-38)28-3-6-31-34-25-46-11-10-35(34)49(37(31)22-28)26-42(43,44)45/h3-7,9-11,22-25,36H,1-2,8,12-21,26H2,(H,48,51). The highest BCUT2D eigenvalue weighted by Gasteiger charge is 2.44. The zero-order chi connectivity index (χ0) is 41.4. The molecule has 5 aromatic rings. The first-order chi connectivity index (χ1) is 28.6. The molecule has 2 aliphatic rings. The smallest absolute Gasteiger partial charge is 0.406 e. The van der Waals surface area contributed by atoms with Crippen molar-refractivity contribution in [3.05, 3.63) is 96.6 Å². The van der Waals surface area contributed by atoms with Crippen molar-refractivity contribution in [1.82, 2.24) is 24.8 Å². The lowest BCUT2D eigenvalue weighted by atomic mass is 10.0. The van der Waals surface area contributed by atoms with Gasteiger partial charge in [0.1, 0.15) is 31.5 Å². The maximum absolute atomic E-state index is 13.4. The Morgan fingerprint density at radius 3 is 2.03 bits per heavy atom. The average Bonchev–Trinajstić information content (AvgIpc) is 3.65. The predicted molar refractivity (Wildman–Crippen MR) is 208 cm³/mol.